The fourth-order valence-electron chi connectivity index (χ4n) is 5.38. The Morgan fingerprint density at radius 1 is 1.15 bits per heavy atom. The molecule has 0 atom stereocenters. The average Bonchev–Trinajstić information content (AvgIpc) is 2.60. The fraction of sp³-hybridized carbons (Fsp3) is 0.684. The second-order valence-corrected chi connectivity index (χ2v) is 8.16. The Bertz CT molecular complexity index is 667. The van der Waals surface area contributed by atoms with Crippen LogP contribution in [0.15, 0.2) is 18.3 Å². The summed E-state index contributed by atoms with van der Waals surface area (Å²) in [6, 6.07) is 3.14. The smallest absolute Gasteiger partial charge is 0.422 e. The highest BCUT2D eigenvalue weighted by molar-refractivity contribution is 5.74. The van der Waals surface area contributed by atoms with E-state index in [1.807, 2.05) is 0 Å². The van der Waals surface area contributed by atoms with E-state index >= 15 is 0 Å². The second kappa shape index (κ2) is 7.20. The number of hydrogen-bond donors (Lipinski definition) is 2. The lowest BCUT2D eigenvalue weighted by Crippen LogP contribution is -2.57. The molecule has 4 fully saturated rings. The molecule has 4 bridgehead atoms. The molecule has 0 spiro atoms. The zero-order chi connectivity index (χ0) is 19.0. The second-order valence-electron chi connectivity index (χ2n) is 8.16. The first-order valence-electron chi connectivity index (χ1n) is 9.55. The predicted molar refractivity (Wildman–Crippen MR) is 92.0 cm³/mol. The zero-order valence-corrected chi connectivity index (χ0v) is 15.0. The number of halogens is 3. The quantitative estimate of drug-likeness (QED) is 0.816. The van der Waals surface area contributed by atoms with Crippen LogP contribution in [-0.2, 0) is 6.54 Å². The minimum Gasteiger partial charge on any atom is -0.468 e. The molecule has 0 radical (unpaired) electrons. The Kier molecular flexibility index (Phi) is 4.90. The lowest BCUT2D eigenvalue weighted by Gasteiger charge is -2.54. The van der Waals surface area contributed by atoms with Crippen molar-refractivity contribution >= 4 is 6.03 Å². The fourth-order valence-corrected chi connectivity index (χ4v) is 5.38. The van der Waals surface area contributed by atoms with E-state index in [4.69, 9.17) is 4.74 Å². The minimum atomic E-state index is -4.43. The molecule has 1 heterocycles. The van der Waals surface area contributed by atoms with Gasteiger partial charge in [-0.05, 0) is 61.8 Å². The highest BCUT2D eigenvalue weighted by Crippen LogP contribution is 2.53. The van der Waals surface area contributed by atoms with Crippen molar-refractivity contribution in [1.82, 2.24) is 15.6 Å². The summed E-state index contributed by atoms with van der Waals surface area (Å²) in [4.78, 5) is 16.2. The number of nitrogens with one attached hydrogen (secondary N) is 2. The number of aromatic nitrogens is 1. The largest absolute Gasteiger partial charge is 0.468 e. The van der Waals surface area contributed by atoms with E-state index in [1.54, 1.807) is 12.1 Å². The molecular weight excluding hydrogens is 359 g/mol. The van der Waals surface area contributed by atoms with Gasteiger partial charge < -0.3 is 15.4 Å². The Hall–Kier alpha value is -1.99. The molecule has 0 aliphatic heterocycles. The topological polar surface area (TPSA) is 63.2 Å². The number of nitrogens with zero attached hydrogens (tertiary/aromatic N) is 1. The van der Waals surface area contributed by atoms with Crippen molar-refractivity contribution in [2.75, 3.05) is 6.61 Å². The van der Waals surface area contributed by atoms with Gasteiger partial charge in [-0.15, -0.1) is 0 Å². The van der Waals surface area contributed by atoms with Crippen LogP contribution < -0.4 is 15.4 Å². The van der Waals surface area contributed by atoms with Crippen molar-refractivity contribution in [3.8, 4) is 5.88 Å². The van der Waals surface area contributed by atoms with Gasteiger partial charge in [0.2, 0.25) is 5.88 Å². The lowest BCUT2D eigenvalue weighted by atomic mass is 9.54. The van der Waals surface area contributed by atoms with Crippen LogP contribution in [0, 0.1) is 23.7 Å². The van der Waals surface area contributed by atoms with Crippen LogP contribution in [0.4, 0.5) is 18.0 Å². The number of carbonyl (C=O) groups excluding carboxylic acids is 1. The van der Waals surface area contributed by atoms with Gasteiger partial charge in [0.15, 0.2) is 6.61 Å². The lowest BCUT2D eigenvalue weighted by molar-refractivity contribution is -0.154. The van der Waals surface area contributed by atoms with Crippen LogP contribution in [0.2, 0.25) is 0 Å². The molecule has 0 unspecified atom stereocenters. The van der Waals surface area contributed by atoms with Gasteiger partial charge in [0.1, 0.15) is 0 Å². The normalized spacial score (nSPS) is 31.6. The molecule has 27 heavy (non-hydrogen) atoms. The van der Waals surface area contributed by atoms with E-state index in [0.29, 0.717) is 17.4 Å². The third kappa shape index (κ3) is 4.30. The van der Waals surface area contributed by atoms with Gasteiger partial charge in [0.25, 0.3) is 0 Å². The van der Waals surface area contributed by atoms with Crippen LogP contribution >= 0.6 is 0 Å². The zero-order valence-electron chi connectivity index (χ0n) is 15.0. The molecule has 1 aromatic rings. The average molecular weight is 383 g/mol. The minimum absolute atomic E-state index is 0.0696. The first-order chi connectivity index (χ1) is 12.9. The number of alkyl halides is 3. The van der Waals surface area contributed by atoms with Crippen molar-refractivity contribution in [3.63, 3.8) is 0 Å². The molecule has 148 valence electrons. The number of urea groups is 1. The van der Waals surface area contributed by atoms with E-state index < -0.39 is 12.8 Å². The molecule has 5 rings (SSSR count). The number of pyridine rings is 1. The molecule has 0 saturated heterocycles. The monoisotopic (exact) mass is 383 g/mol. The molecule has 5 nitrogen and oxygen atoms in total. The Labute approximate surface area is 156 Å². The summed E-state index contributed by atoms with van der Waals surface area (Å²) < 4.78 is 41.8. The van der Waals surface area contributed by atoms with Crippen molar-refractivity contribution in [1.29, 1.82) is 0 Å². The van der Waals surface area contributed by atoms with Crippen molar-refractivity contribution in [3.05, 3.63) is 23.9 Å². The molecular formula is C19H24F3N3O2. The van der Waals surface area contributed by atoms with Crippen LogP contribution in [0.25, 0.3) is 0 Å². The van der Waals surface area contributed by atoms with Gasteiger partial charge in [-0.3, -0.25) is 0 Å². The molecule has 4 aliphatic rings. The highest BCUT2D eigenvalue weighted by atomic mass is 19.4. The Morgan fingerprint density at radius 3 is 2.44 bits per heavy atom. The van der Waals surface area contributed by atoms with E-state index in [0.717, 1.165) is 11.8 Å². The number of ether oxygens (including phenoxy) is 1. The standard InChI is InChI=1S/C19H24F3N3O2/c20-19(21,22)10-27-17-13(2-1-3-23-17)9-24-18(26)25-16-14-5-11-4-12(7-14)8-15(16)6-11/h1-3,11-12,14-16H,4-10H2,(H2,24,25,26). The van der Waals surface area contributed by atoms with Crippen LogP contribution in [-0.4, -0.2) is 29.8 Å². The number of hydrogen-bond acceptors (Lipinski definition) is 3. The highest BCUT2D eigenvalue weighted by Gasteiger charge is 2.48. The summed E-state index contributed by atoms with van der Waals surface area (Å²) >= 11 is 0. The van der Waals surface area contributed by atoms with Crippen LogP contribution in [0.5, 0.6) is 5.88 Å². The first-order valence-corrected chi connectivity index (χ1v) is 9.55. The summed E-state index contributed by atoms with van der Waals surface area (Å²) in [6.45, 7) is -1.34. The maximum atomic E-state index is 12.4. The van der Waals surface area contributed by atoms with Gasteiger partial charge in [-0.1, -0.05) is 6.07 Å². The van der Waals surface area contributed by atoms with Gasteiger partial charge in [-0.25, -0.2) is 9.78 Å². The third-order valence-corrected chi connectivity index (χ3v) is 6.19. The summed E-state index contributed by atoms with van der Waals surface area (Å²) in [5.41, 5.74) is 0.419. The summed E-state index contributed by atoms with van der Waals surface area (Å²) in [5.74, 6) is 2.69. The van der Waals surface area contributed by atoms with Crippen LogP contribution in [0.3, 0.4) is 0 Å². The Balaban J connectivity index is 1.31. The van der Waals surface area contributed by atoms with Crippen molar-refractivity contribution in [2.45, 2.75) is 50.9 Å². The molecule has 8 heteroatoms. The Morgan fingerprint density at radius 2 is 1.81 bits per heavy atom. The number of amides is 2. The molecule has 1 aromatic heterocycles. The maximum absolute atomic E-state index is 12.4. The van der Waals surface area contributed by atoms with Crippen LogP contribution in [0.1, 0.15) is 37.7 Å². The summed E-state index contributed by atoms with van der Waals surface area (Å²) in [6.07, 6.45) is 3.11. The third-order valence-electron chi connectivity index (χ3n) is 6.19. The SMILES string of the molecule is O=C(NCc1cccnc1OCC(F)(F)F)NC1C2CC3CC(C2)CC1C3. The van der Waals surface area contributed by atoms with E-state index in [1.165, 1.54) is 38.3 Å². The van der Waals surface area contributed by atoms with E-state index in [2.05, 4.69) is 15.6 Å². The van der Waals surface area contributed by atoms with Gasteiger partial charge in [0.05, 0.1) is 0 Å². The van der Waals surface area contributed by atoms with Gasteiger partial charge in [-0.2, -0.15) is 13.2 Å². The van der Waals surface area contributed by atoms with Gasteiger partial charge >= 0.3 is 12.2 Å². The molecule has 0 aromatic carbocycles. The summed E-state index contributed by atoms with van der Waals surface area (Å²) in [5, 5.41) is 5.86. The first kappa shape index (κ1) is 18.4. The maximum Gasteiger partial charge on any atom is 0.422 e. The molecule has 4 aliphatic carbocycles. The molecule has 2 N–H and O–H groups in total. The number of carbonyl (C=O) groups is 1. The van der Waals surface area contributed by atoms with Crippen molar-refractivity contribution < 1.29 is 22.7 Å². The van der Waals surface area contributed by atoms with Gasteiger partial charge in [0, 0.05) is 24.3 Å². The molecule has 4 saturated carbocycles. The number of rotatable bonds is 5. The summed E-state index contributed by atoms with van der Waals surface area (Å²) in [7, 11) is 0. The van der Waals surface area contributed by atoms with E-state index in [-0.39, 0.29) is 24.5 Å². The molecule has 2 amide bonds. The van der Waals surface area contributed by atoms with Crippen molar-refractivity contribution in [2.24, 2.45) is 23.7 Å². The van der Waals surface area contributed by atoms with E-state index in [9.17, 15) is 18.0 Å². The predicted octanol–water partition coefficient (Wildman–Crippen LogP) is 3.65.